The molecule has 0 fully saturated rings. The Balaban J connectivity index is 3.37. The van der Waals surface area contributed by atoms with E-state index in [2.05, 4.69) is 25.6 Å². The molecule has 0 unspecified atom stereocenters. The molecule has 0 atom stereocenters. The molecule has 1 N–H and O–H groups in total. The van der Waals surface area contributed by atoms with E-state index in [0.717, 1.165) is 19.4 Å². The largest absolute Gasteiger partial charge is 0.309 e. The Bertz CT molecular complexity index is 217. The van der Waals surface area contributed by atoms with Crippen molar-refractivity contribution in [2.45, 2.75) is 12.8 Å². The molecule has 0 aromatic heterocycles. The molecule has 0 aliphatic heterocycles. The summed E-state index contributed by atoms with van der Waals surface area (Å²) in [7, 11) is 0.938. The van der Waals surface area contributed by atoms with Crippen LogP contribution in [0, 0.1) is 0 Å². The number of rotatable bonds is 7. The molecular formula is C7H17BrN2O2S. The zero-order valence-electron chi connectivity index (χ0n) is 8.09. The first-order valence-electron chi connectivity index (χ1n) is 4.16. The summed E-state index contributed by atoms with van der Waals surface area (Å²) < 4.78 is 24.3. The highest BCUT2D eigenvalue weighted by Crippen LogP contribution is 1.93. The summed E-state index contributed by atoms with van der Waals surface area (Å²) in [5.74, 6) is 0. The Kier molecular flexibility index (Phi) is 6.93. The molecule has 0 aliphatic rings. The molecule has 0 spiro atoms. The molecule has 0 radical (unpaired) electrons. The molecule has 4 nitrogen and oxygen atoms in total. The number of halogens is 1. The SMILES string of the molecule is CN(C)CCCCNS(=O)(=O)CBr. The molecule has 0 aromatic rings. The first-order valence-corrected chi connectivity index (χ1v) is 6.93. The third-order valence-electron chi connectivity index (χ3n) is 1.50. The maximum absolute atomic E-state index is 10.9. The molecule has 0 heterocycles. The summed E-state index contributed by atoms with van der Waals surface area (Å²) in [6.45, 7) is 1.53. The van der Waals surface area contributed by atoms with E-state index in [4.69, 9.17) is 0 Å². The second-order valence-corrected chi connectivity index (χ2v) is 6.24. The van der Waals surface area contributed by atoms with E-state index >= 15 is 0 Å². The topological polar surface area (TPSA) is 49.4 Å². The number of unbranched alkanes of at least 4 members (excludes halogenated alkanes) is 1. The highest BCUT2D eigenvalue weighted by molar-refractivity contribution is 9.10. The molecule has 80 valence electrons. The Morgan fingerprint density at radius 1 is 1.31 bits per heavy atom. The average Bonchev–Trinajstić information content (AvgIpc) is 2.03. The quantitative estimate of drug-likeness (QED) is 0.546. The molecule has 0 aliphatic carbocycles. The molecule has 6 heteroatoms. The predicted molar refractivity (Wildman–Crippen MR) is 58.5 cm³/mol. The zero-order valence-corrected chi connectivity index (χ0v) is 10.5. The van der Waals surface area contributed by atoms with Crippen molar-refractivity contribution in [1.82, 2.24) is 9.62 Å². The van der Waals surface area contributed by atoms with Crippen molar-refractivity contribution in [3.8, 4) is 0 Å². The highest BCUT2D eigenvalue weighted by atomic mass is 79.9. The van der Waals surface area contributed by atoms with Crippen LogP contribution in [-0.4, -0.2) is 45.2 Å². The number of nitrogens with zero attached hydrogens (tertiary/aromatic N) is 1. The van der Waals surface area contributed by atoms with E-state index in [1.807, 2.05) is 14.1 Å². The Morgan fingerprint density at radius 3 is 2.38 bits per heavy atom. The first-order chi connectivity index (χ1) is 5.98. The van der Waals surface area contributed by atoms with Crippen molar-refractivity contribution in [2.75, 3.05) is 31.8 Å². The van der Waals surface area contributed by atoms with Gasteiger partial charge in [-0.25, -0.2) is 13.1 Å². The van der Waals surface area contributed by atoms with Crippen LogP contribution in [0.25, 0.3) is 0 Å². The second-order valence-electron chi connectivity index (χ2n) is 3.13. The van der Waals surface area contributed by atoms with Gasteiger partial charge in [0.25, 0.3) is 0 Å². The second kappa shape index (κ2) is 6.75. The minimum atomic E-state index is -3.07. The Labute approximate surface area is 88.9 Å². The van der Waals surface area contributed by atoms with Gasteiger partial charge in [0, 0.05) is 6.54 Å². The van der Waals surface area contributed by atoms with E-state index in [1.54, 1.807) is 0 Å². The molecule has 0 aromatic carbocycles. The first kappa shape index (κ1) is 13.4. The molecule has 0 saturated heterocycles. The van der Waals surface area contributed by atoms with Gasteiger partial charge in [0.1, 0.15) is 4.66 Å². The van der Waals surface area contributed by atoms with Crippen molar-refractivity contribution in [3.05, 3.63) is 0 Å². The number of hydrogen-bond acceptors (Lipinski definition) is 3. The van der Waals surface area contributed by atoms with Crippen LogP contribution in [0.1, 0.15) is 12.8 Å². The van der Waals surface area contributed by atoms with Crippen molar-refractivity contribution < 1.29 is 8.42 Å². The van der Waals surface area contributed by atoms with Gasteiger partial charge in [-0.1, -0.05) is 15.9 Å². The standard InChI is InChI=1S/C7H17BrN2O2S/c1-10(2)6-4-3-5-9-13(11,12)7-8/h9H,3-7H2,1-2H3. The van der Waals surface area contributed by atoms with Crippen LogP contribution in [0.3, 0.4) is 0 Å². The van der Waals surface area contributed by atoms with Crippen LogP contribution in [0.4, 0.5) is 0 Å². The number of hydrogen-bond donors (Lipinski definition) is 1. The Hall–Kier alpha value is 0.350. The molecule has 0 amide bonds. The number of sulfonamides is 1. The summed E-state index contributed by atoms with van der Waals surface area (Å²) in [6.07, 6.45) is 1.89. The van der Waals surface area contributed by atoms with E-state index in [1.165, 1.54) is 0 Å². The molecule has 0 rings (SSSR count). The monoisotopic (exact) mass is 272 g/mol. The normalized spacial score (nSPS) is 12.3. The van der Waals surface area contributed by atoms with Gasteiger partial charge in [0.2, 0.25) is 10.0 Å². The lowest BCUT2D eigenvalue weighted by molar-refractivity contribution is 0.394. The smallest absolute Gasteiger partial charge is 0.221 e. The molecule has 0 bridgehead atoms. The fourth-order valence-corrected chi connectivity index (χ4v) is 1.84. The maximum Gasteiger partial charge on any atom is 0.221 e. The molecular weight excluding hydrogens is 256 g/mol. The van der Waals surface area contributed by atoms with E-state index < -0.39 is 10.0 Å². The summed E-state index contributed by atoms with van der Waals surface area (Å²) in [6, 6.07) is 0. The van der Waals surface area contributed by atoms with Crippen molar-refractivity contribution in [2.24, 2.45) is 0 Å². The van der Waals surface area contributed by atoms with E-state index in [-0.39, 0.29) is 4.66 Å². The summed E-state index contributed by atoms with van der Waals surface area (Å²) in [5.41, 5.74) is 0. The fraction of sp³-hybridized carbons (Fsp3) is 1.00. The summed E-state index contributed by atoms with van der Waals surface area (Å²) >= 11 is 2.90. The Morgan fingerprint density at radius 2 is 1.92 bits per heavy atom. The third kappa shape index (κ3) is 8.67. The third-order valence-corrected chi connectivity index (χ3v) is 4.24. The zero-order chi connectivity index (χ0) is 10.3. The van der Waals surface area contributed by atoms with Crippen LogP contribution in [0.5, 0.6) is 0 Å². The maximum atomic E-state index is 10.9. The fourth-order valence-electron chi connectivity index (χ4n) is 0.819. The highest BCUT2D eigenvalue weighted by Gasteiger charge is 2.05. The van der Waals surface area contributed by atoms with Crippen LogP contribution < -0.4 is 4.72 Å². The van der Waals surface area contributed by atoms with Crippen LogP contribution in [0.15, 0.2) is 0 Å². The lowest BCUT2D eigenvalue weighted by atomic mass is 10.3. The van der Waals surface area contributed by atoms with E-state index in [0.29, 0.717) is 6.54 Å². The van der Waals surface area contributed by atoms with E-state index in [9.17, 15) is 8.42 Å². The number of alkyl halides is 1. The van der Waals surface area contributed by atoms with Gasteiger partial charge in [-0.3, -0.25) is 0 Å². The lowest BCUT2D eigenvalue weighted by Gasteiger charge is -2.08. The summed E-state index contributed by atoms with van der Waals surface area (Å²) in [5, 5.41) is 0. The van der Waals surface area contributed by atoms with Gasteiger partial charge in [0.15, 0.2) is 0 Å². The van der Waals surface area contributed by atoms with Gasteiger partial charge in [0.05, 0.1) is 0 Å². The van der Waals surface area contributed by atoms with Gasteiger partial charge >= 0.3 is 0 Å². The van der Waals surface area contributed by atoms with Gasteiger partial charge in [-0.05, 0) is 33.5 Å². The average molecular weight is 273 g/mol. The molecule has 13 heavy (non-hydrogen) atoms. The predicted octanol–water partition coefficient (Wildman–Crippen LogP) is 0.600. The van der Waals surface area contributed by atoms with Crippen molar-refractivity contribution >= 4 is 26.0 Å². The van der Waals surface area contributed by atoms with Gasteiger partial charge in [-0.15, -0.1) is 0 Å². The minimum Gasteiger partial charge on any atom is -0.309 e. The van der Waals surface area contributed by atoms with Gasteiger partial charge in [-0.2, -0.15) is 0 Å². The van der Waals surface area contributed by atoms with Crippen LogP contribution in [0.2, 0.25) is 0 Å². The molecule has 0 saturated carbocycles. The number of nitrogens with one attached hydrogen (secondary N) is 1. The van der Waals surface area contributed by atoms with Crippen molar-refractivity contribution in [3.63, 3.8) is 0 Å². The van der Waals surface area contributed by atoms with Crippen LogP contribution >= 0.6 is 15.9 Å². The van der Waals surface area contributed by atoms with Gasteiger partial charge < -0.3 is 4.90 Å². The lowest BCUT2D eigenvalue weighted by Crippen LogP contribution is -2.26. The summed E-state index contributed by atoms with van der Waals surface area (Å²) in [4.78, 5) is 2.08. The minimum absolute atomic E-state index is 0.0202. The van der Waals surface area contributed by atoms with Crippen molar-refractivity contribution in [1.29, 1.82) is 0 Å². The van der Waals surface area contributed by atoms with Crippen LogP contribution in [-0.2, 0) is 10.0 Å².